The first-order chi connectivity index (χ1) is 31.7. The molecule has 2 atom stereocenters. The molecule has 66 heavy (non-hydrogen) atoms. The Labute approximate surface area is 384 Å². The first-order valence-electron chi connectivity index (χ1n) is 19.9. The van der Waals surface area contributed by atoms with Gasteiger partial charge >= 0.3 is 11.9 Å². The molecule has 0 bridgehead atoms. The SMILES string of the molecule is C.CCOC(=O)C[C@@H](c1ccc(O)cc1)c1ccon1.COc1ccc(-c2nc(CCl)no2)cc1.COc1ccc(-c2nc(COc3ccc([C@H](CC(=O)O)c4ccon4)cc3)no2)cc1. The van der Waals surface area contributed by atoms with E-state index in [0.717, 1.165) is 33.8 Å². The Morgan fingerprint density at radius 3 is 1.55 bits per heavy atom. The van der Waals surface area contributed by atoms with Gasteiger partial charge in [0, 0.05) is 35.1 Å². The van der Waals surface area contributed by atoms with Crippen molar-refractivity contribution < 1.29 is 56.8 Å². The van der Waals surface area contributed by atoms with Crippen LogP contribution in [0.1, 0.15) is 73.2 Å². The maximum absolute atomic E-state index is 11.7. The number of carbonyl (C=O) groups is 2. The van der Waals surface area contributed by atoms with Gasteiger partial charge in [0.15, 0.2) is 12.4 Å². The molecule has 0 unspecified atom stereocenters. The van der Waals surface area contributed by atoms with Crippen molar-refractivity contribution in [3.63, 3.8) is 0 Å². The quantitative estimate of drug-likeness (QED) is 0.0638. The minimum Gasteiger partial charge on any atom is -0.508 e. The molecule has 0 aliphatic carbocycles. The van der Waals surface area contributed by atoms with E-state index in [2.05, 4.69) is 30.6 Å². The number of carboxylic acids is 1. The maximum Gasteiger partial charge on any atom is 0.306 e. The van der Waals surface area contributed by atoms with Crippen LogP contribution in [0.15, 0.2) is 140 Å². The highest BCUT2D eigenvalue weighted by molar-refractivity contribution is 6.16. The Morgan fingerprint density at radius 2 is 1.11 bits per heavy atom. The summed E-state index contributed by atoms with van der Waals surface area (Å²) in [7, 11) is 3.22. The number of phenolic OH excluding ortho intramolecular Hbond substituents is 1. The molecule has 4 heterocycles. The van der Waals surface area contributed by atoms with Crippen LogP contribution >= 0.6 is 11.6 Å². The number of benzene rings is 4. The zero-order chi connectivity index (χ0) is 46.0. The predicted octanol–water partition coefficient (Wildman–Crippen LogP) is 9.50. The maximum atomic E-state index is 11.7. The van der Waals surface area contributed by atoms with E-state index in [9.17, 15) is 19.8 Å². The molecule has 8 rings (SSSR count). The fourth-order valence-electron chi connectivity index (χ4n) is 6.12. The molecular formula is C47H47ClN6O12. The zero-order valence-corrected chi connectivity index (χ0v) is 36.0. The first kappa shape index (κ1) is 49.0. The molecule has 0 amide bonds. The Hall–Kier alpha value is -7.99. The molecule has 8 aromatic rings. The summed E-state index contributed by atoms with van der Waals surface area (Å²) in [5.74, 6) is 2.44. The molecule has 4 aromatic heterocycles. The molecule has 344 valence electrons. The molecule has 18 nitrogen and oxygen atoms in total. The molecular weight excluding hydrogens is 876 g/mol. The Balaban J connectivity index is 0.000000200. The third kappa shape index (κ3) is 14.0. The molecule has 19 heteroatoms. The average molecular weight is 923 g/mol. The Kier molecular flexibility index (Phi) is 18.4. The number of aromatic nitrogens is 6. The summed E-state index contributed by atoms with van der Waals surface area (Å²) in [6, 6.07) is 31.8. The minimum absolute atomic E-state index is 0. The van der Waals surface area contributed by atoms with Crippen molar-refractivity contribution in [2.24, 2.45) is 0 Å². The van der Waals surface area contributed by atoms with E-state index < -0.39 is 11.9 Å². The number of methoxy groups -OCH3 is 2. The number of aliphatic carboxylic acids is 1. The van der Waals surface area contributed by atoms with Gasteiger partial charge in [-0.1, -0.05) is 52.3 Å². The standard InChI is InChI=1S/C22H19N3O6.C14H15NO4.C10H9ClN2O2.CH4/c1-28-16-6-4-15(5-7-16)22-23-20(25-31-22)13-29-17-8-2-14(3-9-17)18(12-21(26)27)19-10-11-30-24-19;1-2-18-14(17)9-12(13-7-8-19-15-13)10-3-5-11(16)6-4-10;1-14-8-4-2-7(3-5-8)10-12-9(6-11)13-15-10;/h2-11,18H,12-13H2,1H3,(H,26,27);3-8,12,16H,2,9H2,1H3;2-5H,6H2,1H3;1H4/t18-;12-;;/m00../s1. The third-order valence-electron chi connectivity index (χ3n) is 9.36. The van der Waals surface area contributed by atoms with Gasteiger partial charge in [0.05, 0.1) is 50.9 Å². The summed E-state index contributed by atoms with van der Waals surface area (Å²) in [6.07, 6.45) is 2.98. The van der Waals surface area contributed by atoms with Crippen LogP contribution in [0.4, 0.5) is 0 Å². The van der Waals surface area contributed by atoms with Crippen LogP contribution < -0.4 is 14.2 Å². The second kappa shape index (κ2) is 24.7. The molecule has 0 fully saturated rings. The van der Waals surface area contributed by atoms with E-state index in [-0.39, 0.29) is 50.4 Å². The number of hydrogen-bond donors (Lipinski definition) is 2. The lowest BCUT2D eigenvalue weighted by atomic mass is 9.92. The van der Waals surface area contributed by atoms with E-state index >= 15 is 0 Å². The highest BCUT2D eigenvalue weighted by atomic mass is 35.5. The Bertz CT molecular complexity index is 2640. The van der Waals surface area contributed by atoms with Gasteiger partial charge in [-0.15, -0.1) is 11.6 Å². The molecule has 0 saturated carbocycles. The lowest BCUT2D eigenvalue weighted by molar-refractivity contribution is -0.143. The number of ether oxygens (including phenoxy) is 4. The molecule has 0 aliphatic heterocycles. The largest absolute Gasteiger partial charge is 0.508 e. The topological polar surface area (TPSA) is 241 Å². The van der Waals surface area contributed by atoms with E-state index in [1.807, 2.05) is 48.5 Å². The minimum atomic E-state index is -0.918. The lowest BCUT2D eigenvalue weighted by Gasteiger charge is -2.13. The summed E-state index contributed by atoms with van der Waals surface area (Å²) in [5.41, 5.74) is 4.53. The number of hydrogen-bond acceptors (Lipinski definition) is 17. The lowest BCUT2D eigenvalue weighted by Crippen LogP contribution is -2.11. The fraction of sp³-hybridized carbons (Fsp3) is 0.234. The van der Waals surface area contributed by atoms with Gasteiger partial charge in [-0.05, 0) is 90.8 Å². The summed E-state index contributed by atoms with van der Waals surface area (Å²) in [4.78, 5) is 31.3. The van der Waals surface area contributed by atoms with Crippen molar-refractivity contribution in [2.45, 2.75) is 51.5 Å². The third-order valence-corrected chi connectivity index (χ3v) is 9.60. The fourth-order valence-corrected chi connectivity index (χ4v) is 6.23. The van der Waals surface area contributed by atoms with E-state index in [4.69, 9.17) is 48.6 Å². The zero-order valence-electron chi connectivity index (χ0n) is 35.3. The monoisotopic (exact) mass is 922 g/mol. The van der Waals surface area contributed by atoms with Crippen LogP contribution in [0.25, 0.3) is 22.9 Å². The van der Waals surface area contributed by atoms with Crippen molar-refractivity contribution in [3.8, 4) is 45.9 Å². The average Bonchev–Trinajstić information content (AvgIpc) is 4.20. The van der Waals surface area contributed by atoms with Gasteiger partial charge in [-0.25, -0.2) is 0 Å². The summed E-state index contributed by atoms with van der Waals surface area (Å²) >= 11 is 5.57. The number of carboxylic acid groups (broad SMARTS) is 1. The van der Waals surface area contributed by atoms with Crippen molar-refractivity contribution >= 4 is 23.5 Å². The van der Waals surface area contributed by atoms with Gasteiger partial charge in [0.2, 0.25) is 5.82 Å². The number of carbonyl (C=O) groups excluding carboxylic acids is 1. The first-order valence-corrected chi connectivity index (χ1v) is 20.4. The number of phenols is 1. The second-order valence-electron chi connectivity index (χ2n) is 13.6. The van der Waals surface area contributed by atoms with Crippen LogP contribution in [0, 0.1) is 0 Å². The van der Waals surface area contributed by atoms with Crippen LogP contribution in [-0.2, 0) is 26.8 Å². The van der Waals surface area contributed by atoms with Gasteiger partial charge in [0.1, 0.15) is 35.5 Å². The molecule has 0 radical (unpaired) electrons. The van der Waals surface area contributed by atoms with Gasteiger partial charge in [0.25, 0.3) is 11.8 Å². The molecule has 0 spiro atoms. The molecule has 0 saturated heterocycles. The van der Waals surface area contributed by atoms with Gasteiger partial charge < -0.3 is 47.3 Å². The molecule has 2 N–H and O–H groups in total. The van der Waals surface area contributed by atoms with E-state index in [1.54, 1.807) is 81.8 Å². The summed E-state index contributed by atoms with van der Waals surface area (Å²) in [5, 5.41) is 33.9. The van der Waals surface area contributed by atoms with Crippen LogP contribution in [0.2, 0.25) is 0 Å². The normalized spacial score (nSPS) is 11.3. The number of aromatic hydroxyl groups is 1. The highest BCUT2D eigenvalue weighted by Crippen LogP contribution is 2.30. The Morgan fingerprint density at radius 1 is 0.636 bits per heavy atom. The second-order valence-corrected chi connectivity index (χ2v) is 13.9. The van der Waals surface area contributed by atoms with Crippen molar-refractivity contribution in [3.05, 3.63) is 156 Å². The van der Waals surface area contributed by atoms with Crippen molar-refractivity contribution in [2.75, 3.05) is 20.8 Å². The van der Waals surface area contributed by atoms with Gasteiger partial charge in [-0.2, -0.15) is 9.97 Å². The number of esters is 1. The molecule has 4 aromatic carbocycles. The molecule has 0 aliphatic rings. The number of halogens is 1. The van der Waals surface area contributed by atoms with Crippen molar-refractivity contribution in [1.82, 2.24) is 30.6 Å². The van der Waals surface area contributed by atoms with Crippen LogP contribution in [-0.4, -0.2) is 73.6 Å². The van der Waals surface area contributed by atoms with Crippen LogP contribution in [0.5, 0.6) is 23.0 Å². The number of rotatable bonds is 17. The predicted molar refractivity (Wildman–Crippen MR) is 238 cm³/mol. The van der Waals surface area contributed by atoms with Gasteiger partial charge in [-0.3, -0.25) is 9.59 Å². The number of alkyl halides is 1. The number of nitrogens with zero attached hydrogens (tertiary/aromatic N) is 6. The summed E-state index contributed by atoms with van der Waals surface area (Å²) < 4.78 is 40.9. The van der Waals surface area contributed by atoms with Crippen molar-refractivity contribution in [1.29, 1.82) is 0 Å². The van der Waals surface area contributed by atoms with E-state index in [0.29, 0.717) is 47.2 Å². The smallest absolute Gasteiger partial charge is 0.306 e. The summed E-state index contributed by atoms with van der Waals surface area (Å²) in [6.45, 7) is 2.24. The van der Waals surface area contributed by atoms with Crippen LogP contribution in [0.3, 0.4) is 0 Å². The van der Waals surface area contributed by atoms with E-state index in [1.165, 1.54) is 12.5 Å². The highest BCUT2D eigenvalue weighted by Gasteiger charge is 2.22.